The van der Waals surface area contributed by atoms with Crippen LogP contribution in [0.5, 0.6) is 0 Å². The van der Waals surface area contributed by atoms with Crippen LogP contribution in [0.3, 0.4) is 0 Å². The van der Waals surface area contributed by atoms with Gasteiger partial charge in [-0.05, 0) is 43.2 Å². The van der Waals surface area contributed by atoms with Crippen LogP contribution in [0.1, 0.15) is 22.4 Å². The third-order valence-electron chi connectivity index (χ3n) is 4.83. The molecule has 2 heterocycles. The Morgan fingerprint density at radius 2 is 1.93 bits per heavy atom. The minimum Gasteiger partial charge on any atom is -0.282 e. The van der Waals surface area contributed by atoms with Crippen molar-refractivity contribution >= 4 is 32.6 Å². The summed E-state index contributed by atoms with van der Waals surface area (Å²) in [6.45, 7) is 4.12. The molecule has 0 saturated heterocycles. The molecule has 4 nitrogen and oxygen atoms in total. The van der Waals surface area contributed by atoms with E-state index in [-0.39, 0.29) is 24.4 Å². The minimum absolute atomic E-state index is 0.0574. The number of aryl methyl sites for hydroxylation is 2. The van der Waals surface area contributed by atoms with Gasteiger partial charge < -0.3 is 0 Å². The molecule has 0 aliphatic heterocycles. The SMILES string of the molecule is Cc1ccc(C)c(CC(=O)N(Cc2ccccn2)c2nc3c(F)cc(F)cc3s2)c1. The van der Waals surface area contributed by atoms with Crippen LogP contribution in [0.25, 0.3) is 10.2 Å². The first-order valence-electron chi connectivity index (χ1n) is 9.42. The summed E-state index contributed by atoms with van der Waals surface area (Å²) in [5, 5.41) is 0.315. The Morgan fingerprint density at radius 1 is 1.10 bits per heavy atom. The number of hydrogen-bond acceptors (Lipinski definition) is 4. The number of benzene rings is 2. The van der Waals surface area contributed by atoms with Crippen LogP contribution in [0, 0.1) is 25.5 Å². The van der Waals surface area contributed by atoms with E-state index in [2.05, 4.69) is 9.97 Å². The van der Waals surface area contributed by atoms with Gasteiger partial charge in [0.25, 0.3) is 0 Å². The number of amides is 1. The molecule has 7 heteroatoms. The van der Waals surface area contributed by atoms with Gasteiger partial charge in [0.05, 0.1) is 23.4 Å². The normalized spacial score (nSPS) is 11.1. The van der Waals surface area contributed by atoms with Gasteiger partial charge in [-0.25, -0.2) is 13.8 Å². The number of carbonyl (C=O) groups is 1. The lowest BCUT2D eigenvalue weighted by atomic mass is 10.0. The van der Waals surface area contributed by atoms with E-state index in [1.807, 2.05) is 44.2 Å². The molecule has 0 radical (unpaired) electrons. The fraction of sp³-hybridized carbons (Fsp3) is 0.174. The van der Waals surface area contributed by atoms with Crippen LogP contribution in [0.15, 0.2) is 54.7 Å². The average Bonchev–Trinajstić information content (AvgIpc) is 3.13. The summed E-state index contributed by atoms with van der Waals surface area (Å²) in [5.74, 6) is -1.60. The lowest BCUT2D eigenvalue weighted by molar-refractivity contribution is -0.118. The molecule has 0 N–H and O–H groups in total. The van der Waals surface area contributed by atoms with Crippen molar-refractivity contribution in [2.24, 2.45) is 0 Å². The van der Waals surface area contributed by atoms with Gasteiger partial charge in [0.15, 0.2) is 10.9 Å². The first-order valence-corrected chi connectivity index (χ1v) is 10.2. The van der Waals surface area contributed by atoms with Gasteiger partial charge >= 0.3 is 0 Å². The van der Waals surface area contributed by atoms with Crippen molar-refractivity contribution in [3.63, 3.8) is 0 Å². The molecule has 152 valence electrons. The second-order valence-corrected chi connectivity index (χ2v) is 8.15. The predicted molar refractivity (Wildman–Crippen MR) is 115 cm³/mol. The third kappa shape index (κ3) is 4.21. The molecule has 0 saturated carbocycles. The standard InChI is InChI=1S/C23H19F2N3OS/c1-14-6-7-15(2)16(9-14)10-21(29)28(13-18-5-3-4-8-26-18)23-27-22-19(25)11-17(24)12-20(22)30-23/h3-9,11-12H,10,13H2,1-2H3. The van der Waals surface area contributed by atoms with Crippen LogP contribution in [-0.4, -0.2) is 15.9 Å². The average molecular weight is 423 g/mol. The summed E-state index contributed by atoms with van der Waals surface area (Å²) in [5.41, 5.74) is 3.74. The summed E-state index contributed by atoms with van der Waals surface area (Å²) in [6.07, 6.45) is 1.82. The highest BCUT2D eigenvalue weighted by Gasteiger charge is 2.23. The minimum atomic E-state index is -0.743. The van der Waals surface area contributed by atoms with Gasteiger partial charge in [-0.1, -0.05) is 41.2 Å². The Labute approximate surface area is 176 Å². The van der Waals surface area contributed by atoms with E-state index in [1.54, 1.807) is 12.3 Å². The van der Waals surface area contributed by atoms with Gasteiger partial charge in [0, 0.05) is 12.3 Å². The number of pyridine rings is 1. The number of anilines is 1. The van der Waals surface area contributed by atoms with E-state index in [4.69, 9.17) is 0 Å². The molecule has 2 aromatic carbocycles. The molecule has 0 unspecified atom stereocenters. The Bertz CT molecular complexity index is 1220. The number of carbonyl (C=O) groups excluding carboxylic acids is 1. The molecular weight excluding hydrogens is 404 g/mol. The topological polar surface area (TPSA) is 46.1 Å². The number of aromatic nitrogens is 2. The first kappa shape index (κ1) is 20.1. The summed E-state index contributed by atoms with van der Waals surface area (Å²) in [7, 11) is 0. The molecule has 0 fully saturated rings. The number of hydrogen-bond donors (Lipinski definition) is 0. The molecule has 0 aliphatic carbocycles. The zero-order valence-corrected chi connectivity index (χ0v) is 17.3. The van der Waals surface area contributed by atoms with Crippen molar-refractivity contribution in [2.45, 2.75) is 26.8 Å². The van der Waals surface area contributed by atoms with Crippen LogP contribution in [0.2, 0.25) is 0 Å². The van der Waals surface area contributed by atoms with Crippen molar-refractivity contribution in [2.75, 3.05) is 4.90 Å². The third-order valence-corrected chi connectivity index (χ3v) is 5.85. The molecule has 2 aromatic heterocycles. The summed E-state index contributed by atoms with van der Waals surface area (Å²) >= 11 is 1.09. The van der Waals surface area contributed by atoms with Crippen molar-refractivity contribution in [3.05, 3.63) is 88.7 Å². The molecule has 0 atom stereocenters. The highest BCUT2D eigenvalue weighted by Crippen LogP contribution is 2.32. The van der Waals surface area contributed by atoms with Gasteiger partial charge in [0.1, 0.15) is 11.3 Å². The van der Waals surface area contributed by atoms with Crippen molar-refractivity contribution in [1.82, 2.24) is 9.97 Å². The van der Waals surface area contributed by atoms with E-state index in [1.165, 1.54) is 11.0 Å². The van der Waals surface area contributed by atoms with Crippen LogP contribution >= 0.6 is 11.3 Å². The Kier molecular flexibility index (Phi) is 5.55. The van der Waals surface area contributed by atoms with Crippen LogP contribution in [-0.2, 0) is 17.8 Å². The van der Waals surface area contributed by atoms with Gasteiger partial charge in [-0.3, -0.25) is 14.7 Å². The van der Waals surface area contributed by atoms with E-state index >= 15 is 0 Å². The number of nitrogens with zero attached hydrogens (tertiary/aromatic N) is 3. The molecular formula is C23H19F2N3OS. The van der Waals surface area contributed by atoms with Crippen LogP contribution < -0.4 is 4.90 Å². The predicted octanol–water partition coefficient (Wildman–Crippen LogP) is 5.36. The highest BCUT2D eigenvalue weighted by atomic mass is 32.1. The molecule has 4 rings (SSSR count). The molecule has 0 spiro atoms. The molecule has 0 bridgehead atoms. The smallest absolute Gasteiger partial charge is 0.233 e. The summed E-state index contributed by atoms with van der Waals surface area (Å²) < 4.78 is 28.2. The molecule has 4 aromatic rings. The second-order valence-electron chi connectivity index (χ2n) is 7.14. The van der Waals surface area contributed by atoms with Crippen molar-refractivity contribution < 1.29 is 13.6 Å². The monoisotopic (exact) mass is 423 g/mol. The molecule has 1 amide bonds. The molecule has 0 aliphatic rings. The molecule has 30 heavy (non-hydrogen) atoms. The number of fused-ring (bicyclic) bond motifs is 1. The zero-order chi connectivity index (χ0) is 21.3. The maximum atomic E-state index is 14.2. The quantitative estimate of drug-likeness (QED) is 0.434. The van der Waals surface area contributed by atoms with Gasteiger partial charge in [0.2, 0.25) is 5.91 Å². The van der Waals surface area contributed by atoms with E-state index in [9.17, 15) is 13.6 Å². The van der Waals surface area contributed by atoms with Crippen LogP contribution in [0.4, 0.5) is 13.9 Å². The van der Waals surface area contributed by atoms with Crippen molar-refractivity contribution in [1.29, 1.82) is 0 Å². The lowest BCUT2D eigenvalue weighted by Gasteiger charge is -2.20. The first-order chi connectivity index (χ1) is 14.4. The van der Waals surface area contributed by atoms with E-state index in [0.29, 0.717) is 15.5 Å². The van der Waals surface area contributed by atoms with E-state index in [0.717, 1.165) is 34.1 Å². The Morgan fingerprint density at radius 3 is 2.70 bits per heavy atom. The van der Waals surface area contributed by atoms with Crippen molar-refractivity contribution in [3.8, 4) is 0 Å². The maximum Gasteiger partial charge on any atom is 0.233 e. The largest absolute Gasteiger partial charge is 0.282 e. The summed E-state index contributed by atoms with van der Waals surface area (Å²) in [6, 6.07) is 13.4. The second kappa shape index (κ2) is 8.28. The van der Waals surface area contributed by atoms with E-state index < -0.39 is 11.6 Å². The Balaban J connectivity index is 1.73. The fourth-order valence-corrected chi connectivity index (χ4v) is 4.25. The number of rotatable bonds is 5. The highest BCUT2D eigenvalue weighted by molar-refractivity contribution is 7.22. The number of halogens is 2. The summed E-state index contributed by atoms with van der Waals surface area (Å²) in [4.78, 5) is 23.4. The van der Waals surface area contributed by atoms with Gasteiger partial charge in [-0.2, -0.15) is 0 Å². The maximum absolute atomic E-state index is 14.2. The Hall–Kier alpha value is -3.19. The lowest BCUT2D eigenvalue weighted by Crippen LogP contribution is -2.32. The zero-order valence-electron chi connectivity index (χ0n) is 16.5. The number of thiazole rings is 1. The van der Waals surface area contributed by atoms with Gasteiger partial charge in [-0.15, -0.1) is 0 Å². The fourth-order valence-electron chi connectivity index (χ4n) is 3.23.